The Hall–Kier alpha value is -1.96. The zero-order valence-electron chi connectivity index (χ0n) is 14.3. The highest BCUT2D eigenvalue weighted by molar-refractivity contribution is 8.27. The number of carbonyl (C=O) groups excluding carboxylic acids is 1. The van der Waals surface area contributed by atoms with Gasteiger partial charge in [-0.1, -0.05) is 48.8 Å². The van der Waals surface area contributed by atoms with Crippen molar-refractivity contribution in [2.24, 2.45) is 0 Å². The van der Waals surface area contributed by atoms with E-state index in [0.29, 0.717) is 32.8 Å². The first kappa shape index (κ1) is 18.8. The van der Waals surface area contributed by atoms with Gasteiger partial charge >= 0.3 is 0 Å². The van der Waals surface area contributed by atoms with Crippen LogP contribution < -0.4 is 9.64 Å². The fraction of sp³-hybridized carbons (Fsp3) is 0.158. The van der Waals surface area contributed by atoms with Crippen molar-refractivity contribution in [1.29, 1.82) is 0 Å². The Morgan fingerprint density at radius 1 is 1.31 bits per heavy atom. The van der Waals surface area contributed by atoms with Crippen LogP contribution in [0.5, 0.6) is 11.5 Å². The van der Waals surface area contributed by atoms with E-state index in [4.69, 9.17) is 17.0 Å². The molecule has 1 N–H and O–H groups in total. The monoisotopic (exact) mass is 403 g/mol. The van der Waals surface area contributed by atoms with E-state index >= 15 is 0 Å². The molecule has 0 spiro atoms. The molecule has 7 heteroatoms. The van der Waals surface area contributed by atoms with Crippen LogP contribution in [0.15, 0.2) is 52.8 Å². The van der Waals surface area contributed by atoms with Gasteiger partial charge in [-0.25, -0.2) is 0 Å². The average Bonchev–Trinajstić information content (AvgIpc) is 2.89. The first-order chi connectivity index (χ1) is 12.5. The average molecular weight is 404 g/mol. The Labute approximate surface area is 166 Å². The third-order valence-corrected chi connectivity index (χ3v) is 5.86. The first-order valence-corrected chi connectivity index (χ1v) is 10.3. The lowest BCUT2D eigenvalue weighted by molar-refractivity contribution is -0.113. The number of thioether (sulfide) groups is 2. The summed E-state index contributed by atoms with van der Waals surface area (Å²) < 4.78 is 6.02. The number of thiocarbonyl (C=S) groups is 1. The smallest absolute Gasteiger partial charge is 0.270 e. The maximum atomic E-state index is 12.5. The minimum absolute atomic E-state index is 0.0427. The van der Waals surface area contributed by atoms with Crippen LogP contribution >= 0.6 is 35.7 Å². The Kier molecular flexibility index (Phi) is 5.60. The van der Waals surface area contributed by atoms with Crippen molar-refractivity contribution < 1.29 is 14.6 Å². The second-order valence-electron chi connectivity index (χ2n) is 5.41. The lowest BCUT2D eigenvalue weighted by Crippen LogP contribution is -2.27. The molecule has 0 radical (unpaired) electrons. The van der Waals surface area contributed by atoms with Crippen molar-refractivity contribution in [3.63, 3.8) is 0 Å². The lowest BCUT2D eigenvalue weighted by atomic mass is 10.0. The maximum Gasteiger partial charge on any atom is 0.270 e. The highest BCUT2D eigenvalue weighted by Crippen LogP contribution is 2.45. The molecule has 2 aromatic carbocycles. The van der Waals surface area contributed by atoms with Gasteiger partial charge in [0.05, 0.1) is 17.2 Å². The number of hydrogen-bond donors (Lipinski definition) is 1. The molecular weight excluding hydrogens is 386 g/mol. The van der Waals surface area contributed by atoms with E-state index < -0.39 is 0 Å². The van der Waals surface area contributed by atoms with Crippen LogP contribution in [0.25, 0.3) is 11.1 Å². The van der Waals surface area contributed by atoms with Gasteiger partial charge in [0.2, 0.25) is 0 Å². The fourth-order valence-electron chi connectivity index (χ4n) is 2.69. The second kappa shape index (κ2) is 7.73. The molecule has 0 aromatic heterocycles. The van der Waals surface area contributed by atoms with Gasteiger partial charge in [-0.05, 0) is 30.9 Å². The molecule has 1 amide bonds. The quantitative estimate of drug-likeness (QED) is 0.428. The van der Waals surface area contributed by atoms with Crippen LogP contribution in [0.4, 0.5) is 5.69 Å². The molecule has 1 heterocycles. The molecule has 26 heavy (non-hydrogen) atoms. The van der Waals surface area contributed by atoms with Crippen LogP contribution in [0.1, 0.15) is 6.92 Å². The summed E-state index contributed by atoms with van der Waals surface area (Å²) in [5.74, 6) is 0.104. The molecule has 0 unspecified atom stereocenters. The molecule has 2 aromatic rings. The Morgan fingerprint density at radius 2 is 2.04 bits per heavy atom. The van der Waals surface area contributed by atoms with Gasteiger partial charge < -0.3 is 9.84 Å². The molecule has 1 aliphatic heterocycles. The molecule has 0 atom stereocenters. The molecule has 0 bridgehead atoms. The van der Waals surface area contributed by atoms with E-state index in [-0.39, 0.29) is 11.7 Å². The number of carbonyl (C=O) groups is 1. The SMILES string of the molecule is C=C1SC(=S)N(c2cc(OCC)c(O)c(-c3ccccc3SC)c2)C1=O. The summed E-state index contributed by atoms with van der Waals surface area (Å²) in [7, 11) is 0. The number of ether oxygens (including phenoxy) is 1. The van der Waals surface area contributed by atoms with Gasteiger partial charge in [0.25, 0.3) is 5.91 Å². The van der Waals surface area contributed by atoms with Gasteiger partial charge in [0.1, 0.15) is 0 Å². The van der Waals surface area contributed by atoms with Crippen molar-refractivity contribution >= 4 is 51.7 Å². The van der Waals surface area contributed by atoms with Gasteiger partial charge in [-0.15, -0.1) is 11.8 Å². The zero-order chi connectivity index (χ0) is 18.8. The van der Waals surface area contributed by atoms with Crippen molar-refractivity contribution in [3.05, 3.63) is 47.9 Å². The first-order valence-electron chi connectivity index (χ1n) is 7.86. The number of phenolic OH excluding ortho intramolecular Hbond substituents is 1. The van der Waals surface area contributed by atoms with Crippen molar-refractivity contribution in [3.8, 4) is 22.6 Å². The fourth-order valence-corrected chi connectivity index (χ4v) is 4.46. The Morgan fingerprint density at radius 3 is 2.65 bits per heavy atom. The van der Waals surface area contributed by atoms with Crippen molar-refractivity contribution in [2.75, 3.05) is 17.8 Å². The number of aromatic hydroxyl groups is 1. The van der Waals surface area contributed by atoms with Gasteiger partial charge in [0.15, 0.2) is 15.8 Å². The summed E-state index contributed by atoms with van der Waals surface area (Å²) in [6.45, 7) is 5.97. The predicted octanol–water partition coefficient (Wildman–Crippen LogP) is 5.06. The molecule has 3 rings (SSSR count). The number of rotatable bonds is 5. The predicted molar refractivity (Wildman–Crippen MR) is 113 cm³/mol. The number of hydrogen-bond acceptors (Lipinski definition) is 6. The highest BCUT2D eigenvalue weighted by Gasteiger charge is 2.33. The van der Waals surface area contributed by atoms with Crippen LogP contribution in [-0.4, -0.2) is 28.2 Å². The van der Waals surface area contributed by atoms with Crippen LogP contribution in [0, 0.1) is 0 Å². The second-order valence-corrected chi connectivity index (χ2v) is 7.98. The van der Waals surface area contributed by atoms with E-state index in [0.717, 1.165) is 10.5 Å². The maximum absolute atomic E-state index is 12.5. The summed E-state index contributed by atoms with van der Waals surface area (Å²) in [6.07, 6.45) is 1.98. The van der Waals surface area contributed by atoms with Crippen LogP contribution in [0.3, 0.4) is 0 Å². The molecule has 1 aliphatic rings. The topological polar surface area (TPSA) is 49.8 Å². The van der Waals surface area contributed by atoms with E-state index in [1.165, 1.54) is 16.7 Å². The minimum atomic E-state index is -0.253. The molecule has 134 valence electrons. The molecule has 0 aliphatic carbocycles. The van der Waals surface area contributed by atoms with Gasteiger partial charge in [-0.3, -0.25) is 9.69 Å². The summed E-state index contributed by atoms with van der Waals surface area (Å²) >= 11 is 8.08. The highest BCUT2D eigenvalue weighted by atomic mass is 32.2. The third kappa shape index (κ3) is 3.34. The lowest BCUT2D eigenvalue weighted by Gasteiger charge is -2.20. The summed E-state index contributed by atoms with van der Waals surface area (Å²) in [5.41, 5.74) is 2.01. The normalized spacial score (nSPS) is 14.2. The number of amides is 1. The van der Waals surface area contributed by atoms with Gasteiger partial charge in [-0.2, -0.15) is 0 Å². The molecule has 1 saturated heterocycles. The number of nitrogens with zero attached hydrogens (tertiary/aromatic N) is 1. The number of benzene rings is 2. The Bertz CT molecular complexity index is 911. The third-order valence-electron chi connectivity index (χ3n) is 3.85. The standard InChI is InChI=1S/C19H17NO3S3/c1-4-23-15-10-12(20-18(22)11(2)26-19(20)24)9-14(17(15)21)13-7-5-6-8-16(13)25-3/h5-10,21H,2,4H2,1,3H3. The largest absolute Gasteiger partial charge is 0.504 e. The van der Waals surface area contributed by atoms with Gasteiger partial charge in [0, 0.05) is 16.5 Å². The molecule has 4 nitrogen and oxygen atoms in total. The Balaban J connectivity index is 2.22. The summed E-state index contributed by atoms with van der Waals surface area (Å²) in [4.78, 5) is 15.3. The van der Waals surface area contributed by atoms with E-state index in [1.807, 2.05) is 37.4 Å². The molecule has 1 fully saturated rings. The minimum Gasteiger partial charge on any atom is -0.504 e. The summed E-state index contributed by atoms with van der Waals surface area (Å²) in [5, 5.41) is 10.8. The van der Waals surface area contributed by atoms with Crippen molar-refractivity contribution in [2.45, 2.75) is 11.8 Å². The van der Waals surface area contributed by atoms with E-state index in [1.54, 1.807) is 23.9 Å². The molecular formula is C19H17NO3S3. The number of phenols is 1. The zero-order valence-corrected chi connectivity index (χ0v) is 16.8. The molecule has 0 saturated carbocycles. The van der Waals surface area contributed by atoms with Crippen LogP contribution in [0.2, 0.25) is 0 Å². The number of anilines is 1. The van der Waals surface area contributed by atoms with Crippen LogP contribution in [-0.2, 0) is 4.79 Å². The van der Waals surface area contributed by atoms with E-state index in [2.05, 4.69) is 6.58 Å². The van der Waals surface area contributed by atoms with E-state index in [9.17, 15) is 9.90 Å². The van der Waals surface area contributed by atoms with Crippen molar-refractivity contribution in [1.82, 2.24) is 0 Å². The summed E-state index contributed by atoms with van der Waals surface area (Å²) in [6, 6.07) is 11.2.